The Labute approximate surface area is 208 Å². The first-order chi connectivity index (χ1) is 16.8. The molecule has 2 fully saturated rings. The molecule has 1 aromatic carbocycles. The maximum atomic E-state index is 14.5. The van der Waals surface area contributed by atoms with Crippen LogP contribution in [-0.4, -0.2) is 40.6 Å². The van der Waals surface area contributed by atoms with E-state index >= 15 is 0 Å². The second-order valence-corrected chi connectivity index (χ2v) is 10.6. The number of nitrogens with zero attached hydrogens (tertiary/aromatic N) is 3. The molecule has 3 heterocycles. The van der Waals surface area contributed by atoms with Gasteiger partial charge >= 0.3 is 0 Å². The second kappa shape index (κ2) is 8.90. The van der Waals surface area contributed by atoms with Gasteiger partial charge in [-0.15, -0.1) is 6.58 Å². The molecular weight excluding hydrogens is 438 g/mol. The van der Waals surface area contributed by atoms with Gasteiger partial charge in [-0.05, 0) is 60.1 Å². The van der Waals surface area contributed by atoms with Crippen molar-refractivity contribution >= 4 is 11.6 Å². The molecule has 6 heteroatoms. The zero-order valence-electron chi connectivity index (χ0n) is 21.1. The van der Waals surface area contributed by atoms with Crippen LogP contribution in [0.15, 0.2) is 66.4 Å². The van der Waals surface area contributed by atoms with Crippen LogP contribution in [-0.2, 0) is 16.1 Å². The van der Waals surface area contributed by atoms with E-state index in [4.69, 9.17) is 14.5 Å². The number of aromatic nitrogens is 1. The average Bonchev–Trinajstić information content (AvgIpc) is 3.31. The lowest BCUT2D eigenvalue weighted by Gasteiger charge is -2.40. The topological polar surface area (TPSA) is 64.0 Å². The van der Waals surface area contributed by atoms with Crippen LogP contribution in [0.25, 0.3) is 0 Å². The molecule has 1 aliphatic carbocycles. The molecule has 2 bridgehead atoms. The number of fused-ring (bicyclic) bond motifs is 1. The monoisotopic (exact) mass is 473 g/mol. The lowest BCUT2D eigenvalue weighted by Crippen LogP contribution is -2.53. The highest BCUT2D eigenvalue weighted by Crippen LogP contribution is 2.60. The minimum Gasteiger partial charge on any atom is -0.497 e. The van der Waals surface area contributed by atoms with Gasteiger partial charge < -0.3 is 14.4 Å². The number of benzene rings is 1. The number of aliphatic imine (C=N–C) groups is 1. The Morgan fingerprint density at radius 1 is 1.23 bits per heavy atom. The molecule has 6 nitrogen and oxygen atoms in total. The number of ether oxygens (including phenoxy) is 2. The highest BCUT2D eigenvalue weighted by Gasteiger charge is 2.68. The molecule has 2 aromatic rings. The maximum absolute atomic E-state index is 14.5. The molecular formula is C29H35N3O3. The molecule has 184 valence electrons. The van der Waals surface area contributed by atoms with E-state index < -0.39 is 11.1 Å². The first-order valence-electron chi connectivity index (χ1n) is 12.6. The predicted molar refractivity (Wildman–Crippen MR) is 136 cm³/mol. The number of likely N-dealkylation sites (tertiary alicyclic amines) is 1. The van der Waals surface area contributed by atoms with Gasteiger partial charge in [0.15, 0.2) is 12.0 Å². The van der Waals surface area contributed by atoms with Crippen LogP contribution < -0.4 is 4.74 Å². The van der Waals surface area contributed by atoms with Gasteiger partial charge in [-0.1, -0.05) is 39.0 Å². The molecule has 1 saturated carbocycles. The normalized spacial score (nSPS) is 31.8. The highest BCUT2D eigenvalue weighted by molar-refractivity contribution is 6.02. The van der Waals surface area contributed by atoms with Crippen molar-refractivity contribution in [1.29, 1.82) is 0 Å². The summed E-state index contributed by atoms with van der Waals surface area (Å²) in [4.78, 5) is 25.7. The van der Waals surface area contributed by atoms with Gasteiger partial charge in [-0.25, -0.2) is 0 Å². The van der Waals surface area contributed by atoms with Crippen molar-refractivity contribution in [2.75, 3.05) is 7.11 Å². The van der Waals surface area contributed by atoms with E-state index in [2.05, 4.69) is 44.5 Å². The van der Waals surface area contributed by atoms with E-state index in [9.17, 15) is 4.79 Å². The first kappa shape index (κ1) is 23.7. The van der Waals surface area contributed by atoms with Gasteiger partial charge in [0, 0.05) is 31.3 Å². The molecule has 5 atom stereocenters. The van der Waals surface area contributed by atoms with E-state index in [1.54, 1.807) is 19.5 Å². The van der Waals surface area contributed by atoms with E-state index in [1.807, 2.05) is 35.2 Å². The van der Waals surface area contributed by atoms with Gasteiger partial charge in [-0.3, -0.25) is 14.8 Å². The number of allylic oxidation sites excluding steroid dienone is 1. The van der Waals surface area contributed by atoms with Gasteiger partial charge in [0.1, 0.15) is 5.75 Å². The standard InChI is InChI=1S/C29H35N3O3/c1-6-13-28-18-29(32(27(28)33)17-21-11-14-30-15-12-21)25(31-26(35-29)19(2)3)16-24(20(28)4)22-7-9-23(34-5)10-8-22/h6-12,14-15,19-20,24,26H,1,13,16-18H2,2-5H3/t20-,24+,26-,28+,29+/m1/s1. The largest absolute Gasteiger partial charge is 0.497 e. The van der Waals surface area contributed by atoms with Crippen LogP contribution >= 0.6 is 0 Å². The summed E-state index contributed by atoms with van der Waals surface area (Å²) in [6.45, 7) is 11.0. The van der Waals surface area contributed by atoms with Crippen molar-refractivity contribution in [3.05, 3.63) is 72.6 Å². The maximum Gasteiger partial charge on any atom is 0.232 e. The number of hydrogen-bond donors (Lipinski definition) is 0. The number of rotatable bonds is 7. The van der Waals surface area contributed by atoms with Crippen molar-refractivity contribution in [3.8, 4) is 5.75 Å². The van der Waals surface area contributed by atoms with Crippen molar-refractivity contribution in [3.63, 3.8) is 0 Å². The fraction of sp³-hybridized carbons (Fsp3) is 0.483. The number of hydrogen-bond acceptors (Lipinski definition) is 5. The number of carbonyl (C=O) groups excluding carboxylic acids is 1. The SMILES string of the molecule is C=CC[C@]12C[C@@]3(O[C@H](C(C)C)N=C3C[C@H](c3ccc(OC)cc3)[C@H]1C)N(Cc1ccncc1)C2=O. The Morgan fingerprint density at radius 3 is 2.57 bits per heavy atom. The summed E-state index contributed by atoms with van der Waals surface area (Å²) >= 11 is 0. The van der Waals surface area contributed by atoms with E-state index in [0.717, 1.165) is 23.4 Å². The van der Waals surface area contributed by atoms with E-state index in [1.165, 1.54) is 5.56 Å². The molecule has 3 aliphatic rings. The molecule has 0 radical (unpaired) electrons. The zero-order valence-corrected chi connectivity index (χ0v) is 21.1. The quantitative estimate of drug-likeness (QED) is 0.508. The second-order valence-electron chi connectivity index (χ2n) is 10.6. The average molecular weight is 474 g/mol. The van der Waals surface area contributed by atoms with E-state index in [0.29, 0.717) is 19.4 Å². The lowest BCUT2D eigenvalue weighted by atomic mass is 9.66. The van der Waals surface area contributed by atoms with Gasteiger partial charge in [0.2, 0.25) is 5.91 Å². The summed E-state index contributed by atoms with van der Waals surface area (Å²) in [5.41, 5.74) is 1.80. The number of amides is 1. The Bertz CT molecular complexity index is 1130. The Hall–Kier alpha value is -2.99. The molecule has 5 rings (SSSR count). The third-order valence-electron chi connectivity index (χ3n) is 8.31. The minimum absolute atomic E-state index is 0.0788. The number of carbonyl (C=O) groups is 1. The summed E-state index contributed by atoms with van der Waals surface area (Å²) in [5, 5.41) is 0. The van der Waals surface area contributed by atoms with Crippen LogP contribution in [0, 0.1) is 17.3 Å². The first-order valence-corrected chi connectivity index (χ1v) is 12.6. The lowest BCUT2D eigenvalue weighted by molar-refractivity contribution is -0.154. The van der Waals surface area contributed by atoms with Crippen molar-refractivity contribution in [2.45, 2.75) is 64.4 Å². The highest BCUT2D eigenvalue weighted by atomic mass is 16.6. The third-order valence-corrected chi connectivity index (χ3v) is 8.31. The van der Waals surface area contributed by atoms with Crippen LogP contribution in [0.5, 0.6) is 5.75 Å². The molecule has 2 aliphatic heterocycles. The van der Waals surface area contributed by atoms with Gasteiger partial charge in [0.05, 0.1) is 18.2 Å². The fourth-order valence-corrected chi connectivity index (χ4v) is 6.30. The molecule has 1 spiro atoms. The molecule has 0 N–H and O–H groups in total. The molecule has 0 unspecified atom stereocenters. The third kappa shape index (κ3) is 3.70. The van der Waals surface area contributed by atoms with Crippen LogP contribution in [0.2, 0.25) is 0 Å². The molecule has 35 heavy (non-hydrogen) atoms. The van der Waals surface area contributed by atoms with Crippen LogP contribution in [0.1, 0.15) is 57.1 Å². The van der Waals surface area contributed by atoms with E-state index in [-0.39, 0.29) is 29.9 Å². The summed E-state index contributed by atoms with van der Waals surface area (Å²) in [5.74, 6) is 1.40. The van der Waals surface area contributed by atoms with Crippen LogP contribution in [0.3, 0.4) is 0 Å². The molecule has 1 aromatic heterocycles. The van der Waals surface area contributed by atoms with Crippen molar-refractivity contribution in [1.82, 2.24) is 9.88 Å². The minimum atomic E-state index is -0.826. The van der Waals surface area contributed by atoms with Gasteiger partial charge in [0.25, 0.3) is 0 Å². The molecule has 1 amide bonds. The Balaban J connectivity index is 1.64. The summed E-state index contributed by atoms with van der Waals surface area (Å²) < 4.78 is 12.2. The Kier molecular flexibility index (Phi) is 6.04. The fourth-order valence-electron chi connectivity index (χ4n) is 6.30. The summed E-state index contributed by atoms with van der Waals surface area (Å²) in [7, 11) is 1.68. The molecule has 1 saturated heterocycles. The van der Waals surface area contributed by atoms with Crippen LogP contribution in [0.4, 0.5) is 0 Å². The summed E-state index contributed by atoms with van der Waals surface area (Å²) in [6, 6.07) is 12.2. The van der Waals surface area contributed by atoms with Crippen molar-refractivity contribution in [2.24, 2.45) is 22.2 Å². The zero-order chi connectivity index (χ0) is 24.8. The van der Waals surface area contributed by atoms with Crippen molar-refractivity contribution < 1.29 is 14.3 Å². The Morgan fingerprint density at radius 2 is 1.94 bits per heavy atom. The predicted octanol–water partition coefficient (Wildman–Crippen LogP) is 5.36. The number of methoxy groups -OCH3 is 1. The smallest absolute Gasteiger partial charge is 0.232 e. The van der Waals surface area contributed by atoms with Gasteiger partial charge in [-0.2, -0.15) is 0 Å². The number of pyridine rings is 1. The summed E-state index contributed by atoms with van der Waals surface area (Å²) in [6.07, 6.45) is 7.16.